The van der Waals surface area contributed by atoms with Crippen molar-refractivity contribution in [2.45, 2.75) is 19.4 Å². The van der Waals surface area contributed by atoms with Crippen LogP contribution in [0.4, 0.5) is 0 Å². The smallest absolute Gasteiger partial charge is 0.0596 e. The molecule has 0 aliphatic rings. The van der Waals surface area contributed by atoms with Crippen molar-refractivity contribution in [1.82, 2.24) is 9.78 Å². The lowest BCUT2D eigenvalue weighted by molar-refractivity contribution is 0.640. The maximum atomic E-state index is 6.20. The normalized spacial score (nSPS) is 12.7. The van der Waals surface area contributed by atoms with Crippen LogP contribution in [-0.2, 0) is 13.5 Å². The molecule has 1 aromatic heterocycles. The van der Waals surface area contributed by atoms with Crippen LogP contribution >= 0.6 is 23.2 Å². The topological polar surface area (TPSA) is 43.8 Å². The molecule has 0 bridgehead atoms. The van der Waals surface area contributed by atoms with Gasteiger partial charge in [-0.15, -0.1) is 0 Å². The lowest BCUT2D eigenvalue weighted by atomic mass is 10.0. The summed E-state index contributed by atoms with van der Waals surface area (Å²) in [7, 11) is 1.91. The van der Waals surface area contributed by atoms with Crippen molar-refractivity contribution in [2.24, 2.45) is 12.8 Å². The van der Waals surface area contributed by atoms with E-state index in [0.717, 1.165) is 17.0 Å². The number of hydrogen-bond donors (Lipinski definition) is 1. The molecule has 2 rings (SSSR count). The molecule has 0 aliphatic carbocycles. The SMILES string of the molecule is Cc1cc(CC(N)c2c(Cl)cccc2Cl)n(C)n1. The Morgan fingerprint density at radius 1 is 1.33 bits per heavy atom. The van der Waals surface area contributed by atoms with Crippen LogP contribution < -0.4 is 5.73 Å². The molecule has 0 radical (unpaired) electrons. The molecule has 1 unspecified atom stereocenters. The number of rotatable bonds is 3. The highest BCUT2D eigenvalue weighted by Crippen LogP contribution is 2.30. The molecule has 0 saturated carbocycles. The minimum Gasteiger partial charge on any atom is -0.324 e. The molecule has 0 fully saturated rings. The summed E-state index contributed by atoms with van der Waals surface area (Å²) in [5.74, 6) is 0. The van der Waals surface area contributed by atoms with Crippen LogP contribution in [0.5, 0.6) is 0 Å². The first-order chi connectivity index (χ1) is 8.49. The molecular weight excluding hydrogens is 269 g/mol. The molecule has 0 spiro atoms. The van der Waals surface area contributed by atoms with Gasteiger partial charge >= 0.3 is 0 Å². The van der Waals surface area contributed by atoms with Crippen molar-refractivity contribution in [2.75, 3.05) is 0 Å². The fourth-order valence-corrected chi connectivity index (χ4v) is 2.73. The minimum absolute atomic E-state index is 0.235. The molecule has 0 aliphatic heterocycles. The summed E-state index contributed by atoms with van der Waals surface area (Å²) >= 11 is 12.3. The summed E-state index contributed by atoms with van der Waals surface area (Å²) in [6.45, 7) is 1.96. The monoisotopic (exact) mass is 283 g/mol. The zero-order valence-electron chi connectivity index (χ0n) is 10.3. The quantitative estimate of drug-likeness (QED) is 0.940. The third-order valence-electron chi connectivity index (χ3n) is 2.90. The van der Waals surface area contributed by atoms with Crippen LogP contribution in [0.3, 0.4) is 0 Å². The van der Waals surface area contributed by atoms with E-state index in [4.69, 9.17) is 28.9 Å². The number of aromatic nitrogens is 2. The van der Waals surface area contributed by atoms with E-state index in [2.05, 4.69) is 5.10 Å². The Balaban J connectivity index is 2.27. The average molecular weight is 284 g/mol. The van der Waals surface area contributed by atoms with Crippen molar-refractivity contribution >= 4 is 23.2 Å². The Labute approximate surface area is 117 Å². The summed E-state index contributed by atoms with van der Waals surface area (Å²) in [4.78, 5) is 0. The third-order valence-corrected chi connectivity index (χ3v) is 3.56. The zero-order chi connectivity index (χ0) is 13.3. The highest BCUT2D eigenvalue weighted by Gasteiger charge is 2.16. The molecular formula is C13H15Cl2N3. The van der Waals surface area contributed by atoms with Gasteiger partial charge in [0.2, 0.25) is 0 Å². The van der Waals surface area contributed by atoms with Gasteiger partial charge in [0.15, 0.2) is 0 Å². The van der Waals surface area contributed by atoms with Crippen molar-refractivity contribution < 1.29 is 0 Å². The molecule has 18 heavy (non-hydrogen) atoms. The second-order valence-corrected chi connectivity index (χ2v) is 5.16. The van der Waals surface area contributed by atoms with Crippen molar-refractivity contribution in [3.05, 3.63) is 51.3 Å². The maximum Gasteiger partial charge on any atom is 0.0596 e. The van der Waals surface area contributed by atoms with Gasteiger partial charge in [-0.1, -0.05) is 29.3 Å². The van der Waals surface area contributed by atoms with Crippen LogP contribution in [0.25, 0.3) is 0 Å². The van der Waals surface area contributed by atoms with E-state index >= 15 is 0 Å². The van der Waals surface area contributed by atoms with E-state index in [1.165, 1.54) is 0 Å². The summed E-state index contributed by atoms with van der Waals surface area (Å²) in [5.41, 5.74) is 9.03. The summed E-state index contributed by atoms with van der Waals surface area (Å²) in [6, 6.07) is 7.20. The van der Waals surface area contributed by atoms with Gasteiger partial charge in [0.25, 0.3) is 0 Å². The Morgan fingerprint density at radius 3 is 2.44 bits per heavy atom. The van der Waals surface area contributed by atoms with E-state index < -0.39 is 0 Å². The summed E-state index contributed by atoms with van der Waals surface area (Å²) in [5, 5.41) is 5.51. The Morgan fingerprint density at radius 2 is 1.94 bits per heavy atom. The fourth-order valence-electron chi connectivity index (χ4n) is 2.05. The average Bonchev–Trinajstić information content (AvgIpc) is 2.57. The van der Waals surface area contributed by atoms with Crippen LogP contribution in [0.2, 0.25) is 10.0 Å². The van der Waals surface area contributed by atoms with Crippen LogP contribution in [-0.4, -0.2) is 9.78 Å². The predicted octanol–water partition coefficient (Wildman–Crippen LogP) is 3.28. The highest BCUT2D eigenvalue weighted by atomic mass is 35.5. The van der Waals surface area contributed by atoms with Crippen molar-refractivity contribution in [3.8, 4) is 0 Å². The number of hydrogen-bond acceptors (Lipinski definition) is 2. The standard InChI is InChI=1S/C13H15Cl2N3/c1-8-6-9(18(2)17-8)7-12(16)13-10(14)4-3-5-11(13)15/h3-6,12H,7,16H2,1-2H3. The third kappa shape index (κ3) is 2.69. The Bertz CT molecular complexity index is 543. The molecule has 0 saturated heterocycles. The Hall–Kier alpha value is -1.03. The van der Waals surface area contributed by atoms with E-state index in [1.54, 1.807) is 12.1 Å². The molecule has 1 atom stereocenters. The van der Waals surface area contributed by atoms with E-state index in [1.807, 2.05) is 30.8 Å². The molecule has 0 amide bonds. The number of nitrogens with zero attached hydrogens (tertiary/aromatic N) is 2. The lowest BCUT2D eigenvalue weighted by Crippen LogP contribution is -2.16. The first kappa shape index (κ1) is 13.4. The van der Waals surface area contributed by atoms with Gasteiger partial charge in [-0.25, -0.2) is 0 Å². The Kier molecular flexibility index (Phi) is 3.95. The lowest BCUT2D eigenvalue weighted by Gasteiger charge is -2.15. The largest absolute Gasteiger partial charge is 0.324 e. The second-order valence-electron chi connectivity index (χ2n) is 4.35. The molecule has 1 heterocycles. The van der Waals surface area contributed by atoms with Crippen molar-refractivity contribution in [1.29, 1.82) is 0 Å². The van der Waals surface area contributed by atoms with Crippen LogP contribution in [0.1, 0.15) is 23.0 Å². The van der Waals surface area contributed by atoms with E-state index in [0.29, 0.717) is 16.5 Å². The van der Waals surface area contributed by atoms with Gasteiger partial charge in [0.05, 0.1) is 5.69 Å². The first-order valence-corrected chi connectivity index (χ1v) is 6.43. The van der Waals surface area contributed by atoms with Gasteiger partial charge in [0, 0.05) is 40.8 Å². The number of benzene rings is 1. The molecule has 1 aromatic carbocycles. The minimum atomic E-state index is -0.235. The summed E-state index contributed by atoms with van der Waals surface area (Å²) < 4.78 is 1.83. The van der Waals surface area contributed by atoms with Crippen LogP contribution in [0, 0.1) is 6.92 Å². The van der Waals surface area contributed by atoms with Gasteiger partial charge in [-0.2, -0.15) is 5.10 Å². The molecule has 3 nitrogen and oxygen atoms in total. The molecule has 2 N–H and O–H groups in total. The molecule has 5 heteroatoms. The fraction of sp³-hybridized carbons (Fsp3) is 0.308. The van der Waals surface area contributed by atoms with Gasteiger partial charge in [-0.05, 0) is 25.1 Å². The first-order valence-electron chi connectivity index (χ1n) is 5.68. The molecule has 2 aromatic rings. The number of nitrogens with two attached hydrogens (primary N) is 1. The second kappa shape index (κ2) is 5.31. The van der Waals surface area contributed by atoms with Gasteiger partial charge in [-0.3, -0.25) is 4.68 Å². The zero-order valence-corrected chi connectivity index (χ0v) is 11.8. The van der Waals surface area contributed by atoms with Gasteiger partial charge in [0.1, 0.15) is 0 Å². The maximum absolute atomic E-state index is 6.20. The van der Waals surface area contributed by atoms with E-state index in [9.17, 15) is 0 Å². The number of aryl methyl sites for hydroxylation is 2. The van der Waals surface area contributed by atoms with E-state index in [-0.39, 0.29) is 6.04 Å². The molecule has 96 valence electrons. The predicted molar refractivity (Wildman–Crippen MR) is 75.0 cm³/mol. The summed E-state index contributed by atoms with van der Waals surface area (Å²) in [6.07, 6.45) is 0.654. The van der Waals surface area contributed by atoms with Crippen molar-refractivity contribution in [3.63, 3.8) is 0 Å². The number of halogens is 2. The van der Waals surface area contributed by atoms with Crippen LogP contribution in [0.15, 0.2) is 24.3 Å². The highest BCUT2D eigenvalue weighted by molar-refractivity contribution is 6.36. The van der Waals surface area contributed by atoms with Gasteiger partial charge < -0.3 is 5.73 Å².